The molecule has 6 heteroatoms. The molecule has 25 heavy (non-hydrogen) atoms. The zero-order chi connectivity index (χ0) is 16.9. The maximum absolute atomic E-state index is 12.4. The van der Waals surface area contributed by atoms with Gasteiger partial charge in [0, 0.05) is 17.9 Å². The molecular weight excluding hydrogens is 340 g/mol. The summed E-state index contributed by atoms with van der Waals surface area (Å²) in [4.78, 5) is 12.4. The predicted octanol–water partition coefficient (Wildman–Crippen LogP) is 3.81. The fraction of sp³-hybridized carbons (Fsp3) is 0.316. The Labute approximate surface area is 153 Å². The van der Waals surface area contributed by atoms with Gasteiger partial charge < -0.3 is 20.5 Å². The van der Waals surface area contributed by atoms with Crippen molar-refractivity contribution in [3.05, 3.63) is 53.6 Å². The third-order valence-corrected chi connectivity index (χ3v) is 3.98. The average molecular weight is 363 g/mol. The highest BCUT2D eigenvalue weighted by molar-refractivity contribution is 6.05. The molecule has 1 saturated heterocycles. The first-order chi connectivity index (χ1) is 11.6. The molecule has 0 bridgehead atoms. The van der Waals surface area contributed by atoms with Crippen molar-refractivity contribution in [1.82, 2.24) is 0 Å². The van der Waals surface area contributed by atoms with E-state index in [4.69, 9.17) is 15.2 Å². The van der Waals surface area contributed by atoms with Crippen molar-refractivity contribution in [2.24, 2.45) is 0 Å². The van der Waals surface area contributed by atoms with Gasteiger partial charge in [-0.25, -0.2) is 0 Å². The third kappa shape index (κ3) is 5.11. The van der Waals surface area contributed by atoms with E-state index in [2.05, 4.69) is 5.32 Å². The lowest BCUT2D eigenvalue weighted by atomic mass is 10.1. The van der Waals surface area contributed by atoms with Crippen LogP contribution in [-0.4, -0.2) is 25.2 Å². The Kier molecular flexibility index (Phi) is 6.67. The second-order valence-electron chi connectivity index (χ2n) is 6.03. The zero-order valence-corrected chi connectivity index (χ0v) is 15.0. The van der Waals surface area contributed by atoms with E-state index in [1.807, 2.05) is 25.1 Å². The quantitative estimate of drug-likeness (QED) is 0.793. The number of hydrogen-bond donors (Lipinski definition) is 2. The number of carbonyl (C=O) groups excluding carboxylic acids is 1. The Balaban J connectivity index is 0.00000225. The summed E-state index contributed by atoms with van der Waals surface area (Å²) in [7, 11) is 0. The molecule has 0 aromatic heterocycles. The van der Waals surface area contributed by atoms with Crippen LogP contribution < -0.4 is 15.8 Å². The van der Waals surface area contributed by atoms with Gasteiger partial charge in [-0.15, -0.1) is 12.4 Å². The van der Waals surface area contributed by atoms with E-state index in [0.29, 0.717) is 29.3 Å². The smallest absolute Gasteiger partial charge is 0.255 e. The van der Waals surface area contributed by atoms with Crippen molar-refractivity contribution in [3.8, 4) is 5.75 Å². The summed E-state index contributed by atoms with van der Waals surface area (Å²) in [6.45, 7) is 3.27. The van der Waals surface area contributed by atoms with Crippen molar-refractivity contribution in [1.29, 1.82) is 0 Å². The van der Waals surface area contributed by atoms with Crippen LogP contribution >= 0.6 is 12.4 Å². The number of amides is 1. The maximum Gasteiger partial charge on any atom is 0.255 e. The molecule has 0 radical (unpaired) electrons. The van der Waals surface area contributed by atoms with Crippen LogP contribution in [0.5, 0.6) is 5.75 Å². The van der Waals surface area contributed by atoms with Gasteiger partial charge in [-0.2, -0.15) is 0 Å². The van der Waals surface area contributed by atoms with Crippen LogP contribution in [0.1, 0.15) is 28.8 Å². The SMILES string of the molecule is Cc1ccc(NC(=O)c2cccc(N)c2)c(OCC2CCCO2)c1.Cl. The number of benzene rings is 2. The number of hydrogen-bond acceptors (Lipinski definition) is 4. The molecule has 0 saturated carbocycles. The third-order valence-electron chi connectivity index (χ3n) is 3.98. The standard InChI is InChI=1S/C19H22N2O3.ClH/c1-13-7-8-17(18(10-13)24-12-16-6-3-9-23-16)21-19(22)14-4-2-5-15(20)11-14;/h2,4-5,7-8,10-11,16H,3,6,9,12,20H2,1H3,(H,21,22);1H. The first-order valence-electron chi connectivity index (χ1n) is 8.14. The van der Waals surface area contributed by atoms with Gasteiger partial charge in [0.25, 0.3) is 5.91 Å². The molecule has 1 atom stereocenters. The molecule has 1 unspecified atom stereocenters. The second-order valence-corrected chi connectivity index (χ2v) is 6.03. The van der Waals surface area contributed by atoms with E-state index >= 15 is 0 Å². The molecule has 1 heterocycles. The lowest BCUT2D eigenvalue weighted by Gasteiger charge is -2.16. The molecule has 1 amide bonds. The number of ether oxygens (including phenoxy) is 2. The summed E-state index contributed by atoms with van der Waals surface area (Å²) < 4.78 is 11.5. The number of anilines is 2. The van der Waals surface area contributed by atoms with E-state index in [1.165, 1.54) is 0 Å². The van der Waals surface area contributed by atoms with Crippen LogP contribution in [0.3, 0.4) is 0 Å². The Morgan fingerprint density at radius 1 is 1.32 bits per heavy atom. The van der Waals surface area contributed by atoms with Crippen molar-refractivity contribution < 1.29 is 14.3 Å². The Bertz CT molecular complexity index is 730. The van der Waals surface area contributed by atoms with Crippen LogP contribution in [0.4, 0.5) is 11.4 Å². The van der Waals surface area contributed by atoms with Gasteiger partial charge in [-0.1, -0.05) is 12.1 Å². The first-order valence-corrected chi connectivity index (χ1v) is 8.14. The Hall–Kier alpha value is -2.24. The highest BCUT2D eigenvalue weighted by Gasteiger charge is 2.17. The molecule has 2 aromatic carbocycles. The number of nitrogen functional groups attached to an aromatic ring is 1. The molecule has 3 N–H and O–H groups in total. The maximum atomic E-state index is 12.4. The summed E-state index contributed by atoms with van der Waals surface area (Å²) in [5, 5.41) is 2.90. The van der Waals surface area contributed by atoms with Crippen molar-refractivity contribution >= 4 is 29.7 Å². The highest BCUT2D eigenvalue weighted by Crippen LogP contribution is 2.27. The fourth-order valence-electron chi connectivity index (χ4n) is 2.69. The van der Waals surface area contributed by atoms with Crippen LogP contribution in [-0.2, 0) is 4.74 Å². The van der Waals surface area contributed by atoms with Crippen LogP contribution in [0.15, 0.2) is 42.5 Å². The number of nitrogens with one attached hydrogen (secondary N) is 1. The van der Waals surface area contributed by atoms with E-state index in [0.717, 1.165) is 25.0 Å². The molecule has 5 nitrogen and oxygen atoms in total. The number of halogens is 1. The van der Waals surface area contributed by atoms with Gasteiger partial charge in [-0.3, -0.25) is 4.79 Å². The summed E-state index contributed by atoms with van der Waals surface area (Å²) in [6, 6.07) is 12.6. The monoisotopic (exact) mass is 362 g/mol. The number of nitrogens with two attached hydrogens (primary N) is 1. The highest BCUT2D eigenvalue weighted by atomic mass is 35.5. The minimum absolute atomic E-state index is 0. The normalized spacial score (nSPS) is 16.1. The lowest BCUT2D eigenvalue weighted by Crippen LogP contribution is -2.18. The first kappa shape index (κ1) is 19.1. The Morgan fingerprint density at radius 3 is 2.88 bits per heavy atom. The predicted molar refractivity (Wildman–Crippen MR) is 102 cm³/mol. The van der Waals surface area contributed by atoms with Gasteiger partial charge in [0.15, 0.2) is 0 Å². The molecule has 2 aromatic rings. The summed E-state index contributed by atoms with van der Waals surface area (Å²) in [6.07, 6.45) is 2.21. The molecule has 1 fully saturated rings. The van der Waals surface area contributed by atoms with Gasteiger partial charge >= 0.3 is 0 Å². The topological polar surface area (TPSA) is 73.6 Å². The minimum atomic E-state index is -0.215. The van der Waals surface area contributed by atoms with Crippen LogP contribution in [0.2, 0.25) is 0 Å². The zero-order valence-electron chi connectivity index (χ0n) is 14.2. The largest absolute Gasteiger partial charge is 0.489 e. The summed E-state index contributed by atoms with van der Waals surface area (Å²) in [5.41, 5.74) is 8.52. The summed E-state index contributed by atoms with van der Waals surface area (Å²) in [5.74, 6) is 0.441. The molecular formula is C19H23ClN2O3. The number of rotatable bonds is 5. The lowest BCUT2D eigenvalue weighted by molar-refractivity contribution is 0.0681. The van der Waals surface area contributed by atoms with E-state index in [-0.39, 0.29) is 24.4 Å². The second kappa shape index (κ2) is 8.74. The molecule has 3 rings (SSSR count). The molecule has 1 aliphatic rings. The Morgan fingerprint density at radius 2 is 2.16 bits per heavy atom. The van der Waals surface area contributed by atoms with Crippen molar-refractivity contribution in [3.63, 3.8) is 0 Å². The van der Waals surface area contributed by atoms with E-state index in [9.17, 15) is 4.79 Å². The molecule has 1 aliphatic heterocycles. The van der Waals surface area contributed by atoms with Crippen molar-refractivity contribution in [2.45, 2.75) is 25.9 Å². The number of carbonyl (C=O) groups is 1. The van der Waals surface area contributed by atoms with Crippen LogP contribution in [0, 0.1) is 6.92 Å². The van der Waals surface area contributed by atoms with E-state index in [1.54, 1.807) is 24.3 Å². The minimum Gasteiger partial charge on any atom is -0.489 e. The van der Waals surface area contributed by atoms with Crippen molar-refractivity contribution in [2.75, 3.05) is 24.3 Å². The fourth-order valence-corrected chi connectivity index (χ4v) is 2.69. The molecule has 0 spiro atoms. The number of aryl methyl sites for hydroxylation is 1. The van der Waals surface area contributed by atoms with Gasteiger partial charge in [0.1, 0.15) is 12.4 Å². The summed E-state index contributed by atoms with van der Waals surface area (Å²) >= 11 is 0. The average Bonchev–Trinajstić information content (AvgIpc) is 3.08. The van der Waals surface area contributed by atoms with Gasteiger partial charge in [0.05, 0.1) is 11.8 Å². The van der Waals surface area contributed by atoms with Gasteiger partial charge in [0.2, 0.25) is 0 Å². The van der Waals surface area contributed by atoms with E-state index < -0.39 is 0 Å². The molecule has 0 aliphatic carbocycles. The molecule has 134 valence electrons. The van der Waals surface area contributed by atoms with Gasteiger partial charge in [-0.05, 0) is 55.7 Å². The van der Waals surface area contributed by atoms with Crippen LogP contribution in [0.25, 0.3) is 0 Å².